The van der Waals surface area contributed by atoms with Gasteiger partial charge in [0, 0.05) is 40.8 Å². The van der Waals surface area contributed by atoms with E-state index in [1.807, 2.05) is 25.4 Å². The van der Waals surface area contributed by atoms with Crippen molar-refractivity contribution in [2.24, 2.45) is 0 Å². The number of rotatable bonds is 4. The van der Waals surface area contributed by atoms with Crippen molar-refractivity contribution < 1.29 is 14.6 Å². The minimum atomic E-state index is -1.96. The monoisotopic (exact) mass is 634 g/mol. The van der Waals surface area contributed by atoms with Crippen molar-refractivity contribution in [1.82, 2.24) is 24.8 Å². The van der Waals surface area contributed by atoms with Crippen LogP contribution < -0.4 is 9.64 Å². The molecular weight excluding hydrogens is 593 g/mol. The van der Waals surface area contributed by atoms with Crippen molar-refractivity contribution in [3.05, 3.63) is 48.5 Å². The number of nitrogens with zero attached hydrogens (tertiary/aromatic N) is 6. The van der Waals surface area contributed by atoms with Gasteiger partial charge in [-0.2, -0.15) is 0 Å². The number of carboxylic acid groups (broad SMARTS) is 1. The third kappa shape index (κ3) is 4.54. The third-order valence-electron chi connectivity index (χ3n) is 10.9. The highest BCUT2D eigenvalue weighted by Gasteiger charge is 2.52. The molecule has 10 heteroatoms. The van der Waals surface area contributed by atoms with E-state index < -0.39 is 14.2 Å². The Balaban J connectivity index is 1.39. The Morgan fingerprint density at radius 1 is 1.04 bits per heavy atom. The summed E-state index contributed by atoms with van der Waals surface area (Å²) in [6, 6.07) is 7.80. The van der Waals surface area contributed by atoms with E-state index in [4.69, 9.17) is 19.7 Å². The van der Waals surface area contributed by atoms with Gasteiger partial charge in [-0.3, -0.25) is 9.88 Å². The van der Waals surface area contributed by atoms with Crippen molar-refractivity contribution in [2.45, 2.75) is 102 Å². The smallest absolute Gasteiger partial charge is 0.407 e. The van der Waals surface area contributed by atoms with Gasteiger partial charge in [0.1, 0.15) is 31.7 Å². The minimum Gasteiger partial charge on any atom is -0.472 e. The molecule has 3 aromatic heterocycles. The average molecular weight is 635 g/mol. The molecule has 1 N–H and O–H groups in total. The summed E-state index contributed by atoms with van der Waals surface area (Å²) in [4.78, 5) is 35.3. The van der Waals surface area contributed by atoms with Gasteiger partial charge in [0.05, 0.1) is 29.3 Å². The van der Waals surface area contributed by atoms with Crippen molar-refractivity contribution in [1.29, 1.82) is 0 Å². The van der Waals surface area contributed by atoms with Gasteiger partial charge >= 0.3 is 6.09 Å². The summed E-state index contributed by atoms with van der Waals surface area (Å²) in [6.45, 7) is 16.6. The summed E-state index contributed by atoms with van der Waals surface area (Å²) in [5.74, 6) is 4.91. The third-order valence-corrected chi connectivity index (χ3v) is 17.2. The van der Waals surface area contributed by atoms with Crippen molar-refractivity contribution in [2.75, 3.05) is 11.4 Å². The average Bonchev–Trinajstić information content (AvgIpc) is 3.27. The van der Waals surface area contributed by atoms with E-state index in [9.17, 15) is 9.90 Å². The van der Waals surface area contributed by atoms with Gasteiger partial charge in [-0.1, -0.05) is 59.6 Å². The predicted octanol–water partition coefficient (Wildman–Crippen LogP) is 7.29. The van der Waals surface area contributed by atoms with Gasteiger partial charge < -0.3 is 14.7 Å². The molecule has 3 aliphatic rings. The van der Waals surface area contributed by atoms with Crippen LogP contribution in [0.25, 0.3) is 32.9 Å². The zero-order valence-corrected chi connectivity index (χ0v) is 28.7. The molecule has 2 bridgehead atoms. The fourth-order valence-corrected chi connectivity index (χ4v) is 14.2. The first kappa shape index (κ1) is 30.4. The Bertz CT molecular complexity index is 1890. The molecule has 3 aliphatic heterocycles. The zero-order chi connectivity index (χ0) is 32.5. The summed E-state index contributed by atoms with van der Waals surface area (Å²) >= 11 is 0. The predicted molar refractivity (Wildman–Crippen MR) is 184 cm³/mol. The largest absolute Gasteiger partial charge is 0.472 e. The van der Waals surface area contributed by atoms with Crippen LogP contribution in [0, 0.1) is 11.5 Å². The second-order valence-corrected chi connectivity index (χ2v) is 19.7. The molecule has 9 nitrogen and oxygen atoms in total. The summed E-state index contributed by atoms with van der Waals surface area (Å²) in [5.41, 5.74) is 8.78. The van der Waals surface area contributed by atoms with Crippen LogP contribution in [0.15, 0.2) is 43.0 Å². The lowest BCUT2D eigenvalue weighted by Gasteiger charge is -2.47. The number of hydrogen-bond acceptors (Lipinski definition) is 7. The molecule has 0 spiro atoms. The molecule has 1 aromatic carbocycles. The SMILES string of the molecule is CC1Oc2nc(-c3cncc4cccc(C#C[Si](C(C)C)(C(C)C)C(C)C)c34)cc3ncnc(c23)N2CC3CCC(C12)N3C(=O)O. The quantitative estimate of drug-likeness (QED) is 0.184. The Labute approximate surface area is 271 Å². The van der Waals surface area contributed by atoms with E-state index in [-0.39, 0.29) is 24.2 Å². The number of benzene rings is 1. The highest BCUT2D eigenvalue weighted by Crippen LogP contribution is 2.45. The molecule has 2 fully saturated rings. The van der Waals surface area contributed by atoms with E-state index in [1.165, 1.54) is 0 Å². The first-order valence-corrected chi connectivity index (χ1v) is 18.8. The van der Waals surface area contributed by atoms with Gasteiger partial charge in [0.15, 0.2) is 0 Å². The maximum absolute atomic E-state index is 12.2. The van der Waals surface area contributed by atoms with Crippen LogP contribution in [0.4, 0.5) is 10.6 Å². The number of aromatic nitrogens is 4. The van der Waals surface area contributed by atoms with Crippen molar-refractivity contribution >= 4 is 41.7 Å². The second-order valence-electron chi connectivity index (χ2n) is 14.1. The number of hydrogen-bond donors (Lipinski definition) is 1. The molecule has 2 saturated heterocycles. The molecular formula is C36H42N6O3Si. The van der Waals surface area contributed by atoms with Crippen LogP contribution in [-0.4, -0.2) is 74.9 Å². The van der Waals surface area contributed by atoms with E-state index in [2.05, 4.69) is 81.1 Å². The Hall–Kier alpha value is -4.23. The second kappa shape index (κ2) is 11.2. The number of ether oxygens (including phenoxy) is 1. The summed E-state index contributed by atoms with van der Waals surface area (Å²) in [7, 11) is -1.96. The lowest BCUT2D eigenvalue weighted by Crippen LogP contribution is -2.64. The summed E-state index contributed by atoms with van der Waals surface area (Å²) < 4.78 is 6.66. The van der Waals surface area contributed by atoms with Gasteiger partial charge in [-0.25, -0.2) is 19.7 Å². The lowest BCUT2D eigenvalue weighted by molar-refractivity contribution is 0.0707. The van der Waals surface area contributed by atoms with E-state index in [0.29, 0.717) is 34.7 Å². The Kier molecular flexibility index (Phi) is 7.43. The standard InChI is InChI=1S/C36H42N6O3Si/c1-20(2)46(21(3)4,22(5)6)14-13-24-9-8-10-25-16-37-17-27(31(24)25)28-15-29-32-34(39-19-38-29)41-18-26-11-12-30(42(26)36(43)44)33(41)23(7)45-35(32)40-28/h8-10,15-17,19-23,26,30,33H,11-12,18H2,1-7H3,(H,43,44). The number of piperazine rings is 1. The Morgan fingerprint density at radius 3 is 2.52 bits per heavy atom. The molecule has 6 heterocycles. The van der Waals surface area contributed by atoms with E-state index in [1.54, 1.807) is 11.2 Å². The fourth-order valence-electron chi connectivity index (χ4n) is 8.94. The maximum Gasteiger partial charge on any atom is 0.407 e. The zero-order valence-electron chi connectivity index (χ0n) is 27.7. The molecule has 46 heavy (non-hydrogen) atoms. The van der Waals surface area contributed by atoms with Crippen molar-refractivity contribution in [3.63, 3.8) is 0 Å². The number of anilines is 1. The van der Waals surface area contributed by atoms with Gasteiger partial charge in [-0.15, -0.1) is 5.54 Å². The van der Waals surface area contributed by atoms with E-state index in [0.717, 1.165) is 51.5 Å². The number of fused-ring (bicyclic) bond motifs is 6. The van der Waals surface area contributed by atoms with Crippen LogP contribution in [0.3, 0.4) is 0 Å². The summed E-state index contributed by atoms with van der Waals surface area (Å²) in [6.07, 6.45) is 5.79. The first-order chi connectivity index (χ1) is 22.0. The van der Waals surface area contributed by atoms with Crippen LogP contribution >= 0.6 is 0 Å². The highest BCUT2D eigenvalue weighted by atomic mass is 28.3. The minimum absolute atomic E-state index is 0.0741. The molecule has 7 rings (SSSR count). The highest BCUT2D eigenvalue weighted by molar-refractivity contribution is 6.90. The maximum atomic E-state index is 12.2. The van der Waals surface area contributed by atoms with Gasteiger partial charge in [0.25, 0.3) is 0 Å². The van der Waals surface area contributed by atoms with Crippen molar-refractivity contribution in [3.8, 4) is 28.6 Å². The normalized spacial score (nSPS) is 22.2. The fraction of sp³-hybridized carbons (Fsp3) is 0.472. The van der Waals surface area contributed by atoms with Crippen LogP contribution in [0.5, 0.6) is 5.88 Å². The van der Waals surface area contributed by atoms with Gasteiger partial charge in [0.2, 0.25) is 5.88 Å². The molecule has 1 amide bonds. The molecule has 0 aliphatic carbocycles. The molecule has 238 valence electrons. The molecule has 4 atom stereocenters. The molecule has 0 saturated carbocycles. The lowest BCUT2D eigenvalue weighted by atomic mass is 9.98. The van der Waals surface area contributed by atoms with E-state index >= 15 is 0 Å². The molecule has 0 radical (unpaired) electrons. The number of amides is 1. The number of pyridine rings is 2. The van der Waals surface area contributed by atoms with Crippen LogP contribution in [0.1, 0.15) is 66.9 Å². The van der Waals surface area contributed by atoms with Gasteiger partial charge in [-0.05, 0) is 48.5 Å². The number of carbonyl (C=O) groups is 1. The topological polar surface area (TPSA) is 105 Å². The molecule has 4 aromatic rings. The molecule has 4 unspecified atom stereocenters. The Morgan fingerprint density at radius 2 is 1.80 bits per heavy atom. The van der Waals surface area contributed by atoms with Crippen LogP contribution in [-0.2, 0) is 0 Å². The first-order valence-electron chi connectivity index (χ1n) is 16.5. The summed E-state index contributed by atoms with van der Waals surface area (Å²) in [5, 5.41) is 12.8. The van der Waals surface area contributed by atoms with Crippen LogP contribution in [0.2, 0.25) is 16.6 Å².